The van der Waals surface area contributed by atoms with E-state index in [0.29, 0.717) is 13.2 Å². The number of hydrogen-bond acceptors (Lipinski definition) is 4. The Balaban J connectivity index is 2.04. The van der Waals surface area contributed by atoms with E-state index in [1.54, 1.807) is 0 Å². The standard InChI is InChI=1S/C15H23NO3/c1-11(2)19-13-6-4-5-12(9-13)14(16-3)10-15-17-7-8-18-15/h4-6,9,11,14-16H,7-8,10H2,1-3H3. The van der Waals surface area contributed by atoms with Crippen LogP contribution in [0.1, 0.15) is 31.9 Å². The van der Waals surface area contributed by atoms with Gasteiger partial charge < -0.3 is 19.5 Å². The van der Waals surface area contributed by atoms with E-state index in [-0.39, 0.29) is 18.4 Å². The molecule has 19 heavy (non-hydrogen) atoms. The first kappa shape index (κ1) is 14.3. The molecular formula is C15H23NO3. The molecule has 1 heterocycles. The second-order valence-electron chi connectivity index (χ2n) is 4.99. The molecule has 1 aliphatic rings. The van der Waals surface area contributed by atoms with Gasteiger partial charge >= 0.3 is 0 Å². The van der Waals surface area contributed by atoms with Crippen molar-refractivity contribution in [3.63, 3.8) is 0 Å². The van der Waals surface area contributed by atoms with Crippen molar-refractivity contribution in [3.8, 4) is 5.75 Å². The van der Waals surface area contributed by atoms with Gasteiger partial charge in [0.25, 0.3) is 0 Å². The van der Waals surface area contributed by atoms with Crippen molar-refractivity contribution in [1.82, 2.24) is 5.32 Å². The largest absolute Gasteiger partial charge is 0.491 e. The molecule has 0 aromatic heterocycles. The predicted molar refractivity (Wildman–Crippen MR) is 74.3 cm³/mol. The first-order valence-corrected chi connectivity index (χ1v) is 6.86. The maximum absolute atomic E-state index is 5.73. The normalized spacial score (nSPS) is 17.9. The molecular weight excluding hydrogens is 242 g/mol. The lowest BCUT2D eigenvalue weighted by atomic mass is 10.0. The molecule has 0 amide bonds. The minimum atomic E-state index is -0.105. The van der Waals surface area contributed by atoms with Gasteiger partial charge in [0.05, 0.1) is 19.3 Å². The number of hydrogen-bond donors (Lipinski definition) is 1. The summed E-state index contributed by atoms with van der Waals surface area (Å²) in [4.78, 5) is 0. The van der Waals surface area contributed by atoms with Gasteiger partial charge in [-0.25, -0.2) is 0 Å². The minimum Gasteiger partial charge on any atom is -0.491 e. The summed E-state index contributed by atoms with van der Waals surface area (Å²) < 4.78 is 16.7. The number of rotatable bonds is 6. The maximum atomic E-state index is 5.73. The van der Waals surface area contributed by atoms with Crippen LogP contribution in [0.25, 0.3) is 0 Å². The molecule has 2 rings (SSSR count). The van der Waals surface area contributed by atoms with Crippen LogP contribution in [0, 0.1) is 0 Å². The molecule has 1 aromatic rings. The van der Waals surface area contributed by atoms with E-state index in [9.17, 15) is 0 Å². The lowest BCUT2D eigenvalue weighted by molar-refractivity contribution is -0.0526. The zero-order chi connectivity index (χ0) is 13.7. The van der Waals surface area contributed by atoms with Crippen LogP contribution in [-0.4, -0.2) is 32.7 Å². The number of nitrogens with one attached hydrogen (secondary N) is 1. The molecule has 0 spiro atoms. The van der Waals surface area contributed by atoms with Gasteiger partial charge in [0.1, 0.15) is 5.75 Å². The van der Waals surface area contributed by atoms with Gasteiger partial charge in [-0.2, -0.15) is 0 Å². The average molecular weight is 265 g/mol. The fraction of sp³-hybridized carbons (Fsp3) is 0.600. The Morgan fingerprint density at radius 3 is 2.68 bits per heavy atom. The van der Waals surface area contributed by atoms with E-state index in [4.69, 9.17) is 14.2 Å². The molecule has 0 bridgehead atoms. The highest BCUT2D eigenvalue weighted by Gasteiger charge is 2.21. The Hall–Kier alpha value is -1.10. The summed E-state index contributed by atoms with van der Waals surface area (Å²) in [5.41, 5.74) is 1.19. The second-order valence-corrected chi connectivity index (χ2v) is 4.99. The van der Waals surface area contributed by atoms with Crippen molar-refractivity contribution in [2.75, 3.05) is 20.3 Å². The Labute approximate surface area is 115 Å². The van der Waals surface area contributed by atoms with Crippen LogP contribution in [0.5, 0.6) is 5.75 Å². The van der Waals surface area contributed by atoms with Gasteiger partial charge in [0, 0.05) is 12.5 Å². The third kappa shape index (κ3) is 4.20. The zero-order valence-corrected chi connectivity index (χ0v) is 11.9. The van der Waals surface area contributed by atoms with Crippen LogP contribution < -0.4 is 10.1 Å². The Kier molecular flexibility index (Phi) is 5.19. The van der Waals surface area contributed by atoms with Crippen LogP contribution in [0.4, 0.5) is 0 Å². The molecule has 1 fully saturated rings. The van der Waals surface area contributed by atoms with Crippen molar-refractivity contribution >= 4 is 0 Å². The van der Waals surface area contributed by atoms with Crippen LogP contribution in [-0.2, 0) is 9.47 Å². The lowest BCUT2D eigenvalue weighted by Gasteiger charge is -2.20. The van der Waals surface area contributed by atoms with E-state index in [1.807, 2.05) is 33.0 Å². The summed E-state index contributed by atoms with van der Waals surface area (Å²) in [5.74, 6) is 0.904. The molecule has 1 aliphatic heterocycles. The molecule has 1 unspecified atom stereocenters. The molecule has 106 valence electrons. The smallest absolute Gasteiger partial charge is 0.159 e. The maximum Gasteiger partial charge on any atom is 0.159 e. The Morgan fingerprint density at radius 1 is 1.32 bits per heavy atom. The molecule has 1 aromatic carbocycles. The van der Waals surface area contributed by atoms with Gasteiger partial charge in [0.15, 0.2) is 6.29 Å². The second kappa shape index (κ2) is 6.89. The molecule has 1 N–H and O–H groups in total. The predicted octanol–water partition coefficient (Wildman–Crippen LogP) is 2.50. The van der Waals surface area contributed by atoms with E-state index in [1.165, 1.54) is 5.56 Å². The number of benzene rings is 1. The van der Waals surface area contributed by atoms with E-state index in [0.717, 1.165) is 12.2 Å². The van der Waals surface area contributed by atoms with Crippen molar-refractivity contribution in [1.29, 1.82) is 0 Å². The monoisotopic (exact) mass is 265 g/mol. The SMILES string of the molecule is CNC(CC1OCCO1)c1cccc(OC(C)C)c1. The summed E-state index contributed by atoms with van der Waals surface area (Å²) in [6, 6.07) is 8.39. The Morgan fingerprint density at radius 2 is 2.05 bits per heavy atom. The van der Waals surface area contributed by atoms with Gasteiger partial charge in [-0.05, 0) is 38.6 Å². The highest BCUT2D eigenvalue weighted by molar-refractivity contribution is 5.30. The highest BCUT2D eigenvalue weighted by Crippen LogP contribution is 2.25. The van der Waals surface area contributed by atoms with Crippen molar-refractivity contribution < 1.29 is 14.2 Å². The third-order valence-electron chi connectivity index (χ3n) is 3.10. The Bertz CT molecular complexity index is 389. The lowest BCUT2D eigenvalue weighted by Crippen LogP contribution is -2.23. The van der Waals surface area contributed by atoms with Crippen molar-refractivity contribution in [2.45, 2.75) is 38.7 Å². The first-order valence-electron chi connectivity index (χ1n) is 6.86. The average Bonchev–Trinajstić information content (AvgIpc) is 2.88. The summed E-state index contributed by atoms with van der Waals surface area (Å²) in [7, 11) is 1.95. The summed E-state index contributed by atoms with van der Waals surface area (Å²) in [6.45, 7) is 5.44. The molecule has 0 aliphatic carbocycles. The van der Waals surface area contributed by atoms with Gasteiger partial charge in [0.2, 0.25) is 0 Å². The van der Waals surface area contributed by atoms with Crippen molar-refractivity contribution in [3.05, 3.63) is 29.8 Å². The third-order valence-corrected chi connectivity index (χ3v) is 3.10. The first-order chi connectivity index (χ1) is 9.19. The number of ether oxygens (including phenoxy) is 3. The molecule has 0 radical (unpaired) electrons. The van der Waals surface area contributed by atoms with Crippen LogP contribution >= 0.6 is 0 Å². The molecule has 1 atom stereocenters. The van der Waals surface area contributed by atoms with Crippen LogP contribution in [0.2, 0.25) is 0 Å². The molecule has 0 saturated carbocycles. The summed E-state index contributed by atoms with van der Waals surface area (Å²) >= 11 is 0. The van der Waals surface area contributed by atoms with E-state index < -0.39 is 0 Å². The molecule has 1 saturated heterocycles. The molecule has 4 heteroatoms. The van der Waals surface area contributed by atoms with E-state index >= 15 is 0 Å². The van der Waals surface area contributed by atoms with Gasteiger partial charge in [-0.3, -0.25) is 0 Å². The van der Waals surface area contributed by atoms with Gasteiger partial charge in [-0.1, -0.05) is 12.1 Å². The topological polar surface area (TPSA) is 39.7 Å². The van der Waals surface area contributed by atoms with Gasteiger partial charge in [-0.15, -0.1) is 0 Å². The quantitative estimate of drug-likeness (QED) is 0.858. The zero-order valence-electron chi connectivity index (χ0n) is 11.9. The van der Waals surface area contributed by atoms with Crippen LogP contribution in [0.15, 0.2) is 24.3 Å². The fourth-order valence-electron chi connectivity index (χ4n) is 2.23. The summed E-state index contributed by atoms with van der Waals surface area (Å²) in [6.07, 6.45) is 0.888. The van der Waals surface area contributed by atoms with Crippen LogP contribution in [0.3, 0.4) is 0 Å². The van der Waals surface area contributed by atoms with E-state index in [2.05, 4.69) is 17.4 Å². The van der Waals surface area contributed by atoms with Crippen molar-refractivity contribution in [2.24, 2.45) is 0 Å². The molecule has 4 nitrogen and oxygen atoms in total. The fourth-order valence-corrected chi connectivity index (χ4v) is 2.23. The minimum absolute atomic E-state index is 0.105. The summed E-state index contributed by atoms with van der Waals surface area (Å²) in [5, 5.41) is 3.31. The highest BCUT2D eigenvalue weighted by atomic mass is 16.7.